The molecule has 0 saturated heterocycles. The SMILES string of the molecule is Nc1c2c(cc(=O)n1-c1cccc(NS(=O)(=O)c3ccc(F)cc3)c1)C(=O)NC2=O. The lowest BCUT2D eigenvalue weighted by molar-refractivity contribution is 0.0880. The minimum Gasteiger partial charge on any atom is -0.384 e. The Hall–Kier alpha value is -3.99. The molecule has 0 aliphatic carbocycles. The summed E-state index contributed by atoms with van der Waals surface area (Å²) in [4.78, 5) is 36.1. The number of nitrogen functional groups attached to an aromatic ring is 1. The number of hydrogen-bond donors (Lipinski definition) is 3. The molecule has 3 aromatic rings. The van der Waals surface area contributed by atoms with Crippen molar-refractivity contribution < 1.29 is 22.4 Å². The second kappa shape index (κ2) is 6.81. The van der Waals surface area contributed by atoms with Crippen LogP contribution in [0, 0.1) is 5.82 Å². The molecule has 4 N–H and O–H groups in total. The first-order chi connectivity index (χ1) is 14.2. The van der Waals surface area contributed by atoms with E-state index in [9.17, 15) is 27.2 Å². The summed E-state index contributed by atoms with van der Waals surface area (Å²) in [6, 6.07) is 11.0. The van der Waals surface area contributed by atoms with Gasteiger partial charge in [0.1, 0.15) is 11.6 Å². The van der Waals surface area contributed by atoms with Gasteiger partial charge in [-0.2, -0.15) is 0 Å². The quantitative estimate of drug-likeness (QED) is 0.534. The van der Waals surface area contributed by atoms with Crippen LogP contribution in [0.15, 0.2) is 64.3 Å². The van der Waals surface area contributed by atoms with Crippen LogP contribution in [0.25, 0.3) is 5.69 Å². The van der Waals surface area contributed by atoms with Crippen LogP contribution < -0.4 is 21.3 Å². The van der Waals surface area contributed by atoms with Crippen LogP contribution in [0.2, 0.25) is 0 Å². The van der Waals surface area contributed by atoms with Crippen LogP contribution in [-0.2, 0) is 10.0 Å². The number of sulfonamides is 1. The van der Waals surface area contributed by atoms with Crippen LogP contribution in [0.5, 0.6) is 0 Å². The van der Waals surface area contributed by atoms with Gasteiger partial charge in [0, 0.05) is 6.07 Å². The summed E-state index contributed by atoms with van der Waals surface area (Å²) in [7, 11) is -4.02. The Morgan fingerprint density at radius 1 is 0.967 bits per heavy atom. The number of hydrogen-bond acceptors (Lipinski definition) is 6. The van der Waals surface area contributed by atoms with E-state index in [2.05, 4.69) is 10.0 Å². The molecular formula is C19H13FN4O5S. The van der Waals surface area contributed by atoms with Crippen LogP contribution in [0.3, 0.4) is 0 Å². The molecule has 0 atom stereocenters. The lowest BCUT2D eigenvalue weighted by Gasteiger charge is -2.14. The number of nitrogens with two attached hydrogens (primary N) is 1. The molecule has 2 aromatic carbocycles. The fourth-order valence-corrected chi connectivity index (χ4v) is 4.13. The van der Waals surface area contributed by atoms with E-state index in [1.807, 2.05) is 0 Å². The van der Waals surface area contributed by atoms with Gasteiger partial charge in [-0.05, 0) is 42.5 Å². The summed E-state index contributed by atoms with van der Waals surface area (Å²) in [5, 5.41) is 2.07. The van der Waals surface area contributed by atoms with Crippen molar-refractivity contribution in [3.05, 3.63) is 81.9 Å². The average Bonchev–Trinajstić information content (AvgIpc) is 2.95. The third-order valence-corrected chi connectivity index (χ3v) is 5.83. The van der Waals surface area contributed by atoms with Gasteiger partial charge in [-0.15, -0.1) is 0 Å². The summed E-state index contributed by atoms with van der Waals surface area (Å²) in [5.74, 6) is -2.27. The molecule has 1 aromatic heterocycles. The predicted molar refractivity (Wildman–Crippen MR) is 105 cm³/mol. The summed E-state index contributed by atoms with van der Waals surface area (Å²) < 4.78 is 41.4. The molecule has 1 aliphatic heterocycles. The number of nitrogens with zero attached hydrogens (tertiary/aromatic N) is 1. The number of carbonyl (C=O) groups is 2. The second-order valence-electron chi connectivity index (χ2n) is 6.38. The largest absolute Gasteiger partial charge is 0.384 e. The maximum atomic E-state index is 13.1. The summed E-state index contributed by atoms with van der Waals surface area (Å²) in [5.41, 5.74) is 5.33. The van der Waals surface area contributed by atoms with E-state index < -0.39 is 33.2 Å². The van der Waals surface area contributed by atoms with E-state index >= 15 is 0 Å². The number of anilines is 2. The Bertz CT molecular complexity index is 1380. The minimum absolute atomic E-state index is 0.101. The molecule has 0 spiro atoms. The second-order valence-corrected chi connectivity index (χ2v) is 8.07. The molecule has 0 saturated carbocycles. The Labute approximate surface area is 169 Å². The zero-order valence-electron chi connectivity index (χ0n) is 15.0. The maximum absolute atomic E-state index is 13.1. The molecule has 4 rings (SSSR count). The van der Waals surface area contributed by atoms with Crippen molar-refractivity contribution in [1.29, 1.82) is 0 Å². The maximum Gasteiger partial charge on any atom is 0.262 e. The van der Waals surface area contributed by atoms with Gasteiger partial charge < -0.3 is 5.73 Å². The normalized spacial score (nSPS) is 13.1. The third-order valence-electron chi connectivity index (χ3n) is 4.43. The van der Waals surface area contributed by atoms with E-state index in [0.29, 0.717) is 0 Å². The summed E-state index contributed by atoms with van der Waals surface area (Å²) in [6.45, 7) is 0. The van der Waals surface area contributed by atoms with Crippen molar-refractivity contribution in [3.63, 3.8) is 0 Å². The van der Waals surface area contributed by atoms with Crippen LogP contribution in [0.1, 0.15) is 20.7 Å². The molecule has 2 heterocycles. The van der Waals surface area contributed by atoms with E-state index in [1.54, 1.807) is 0 Å². The average molecular weight is 428 g/mol. The van der Waals surface area contributed by atoms with Crippen LogP contribution in [-0.4, -0.2) is 24.8 Å². The number of rotatable bonds is 4. The highest BCUT2D eigenvalue weighted by Crippen LogP contribution is 2.25. The van der Waals surface area contributed by atoms with Crippen molar-refractivity contribution in [3.8, 4) is 5.69 Å². The Morgan fingerprint density at radius 3 is 2.37 bits per heavy atom. The van der Waals surface area contributed by atoms with Crippen molar-refractivity contribution in [2.45, 2.75) is 4.90 Å². The predicted octanol–water partition coefficient (Wildman–Crippen LogP) is 1.24. The lowest BCUT2D eigenvalue weighted by atomic mass is 10.1. The topological polar surface area (TPSA) is 140 Å². The number of amides is 2. The van der Waals surface area contributed by atoms with Gasteiger partial charge in [0.15, 0.2) is 0 Å². The van der Waals surface area contributed by atoms with E-state index in [-0.39, 0.29) is 33.2 Å². The monoisotopic (exact) mass is 428 g/mol. The van der Waals surface area contributed by atoms with E-state index in [0.717, 1.165) is 34.9 Å². The molecule has 1 aliphatic rings. The number of nitrogens with one attached hydrogen (secondary N) is 2. The molecule has 30 heavy (non-hydrogen) atoms. The highest BCUT2D eigenvalue weighted by molar-refractivity contribution is 7.92. The molecule has 9 nitrogen and oxygen atoms in total. The van der Waals surface area contributed by atoms with E-state index in [4.69, 9.17) is 5.73 Å². The molecule has 0 fully saturated rings. The minimum atomic E-state index is -4.02. The van der Waals surface area contributed by atoms with E-state index in [1.165, 1.54) is 24.3 Å². The zero-order chi connectivity index (χ0) is 21.6. The number of carbonyl (C=O) groups excluding carboxylic acids is 2. The van der Waals surface area contributed by atoms with Crippen molar-refractivity contribution in [2.75, 3.05) is 10.5 Å². The standard InChI is InChI=1S/C19H13FN4O5S/c20-10-4-6-13(7-5-10)30(28,29)23-11-2-1-3-12(8-11)24-15(25)9-14-16(17(24)21)19(27)22-18(14)26/h1-9,23H,21H2,(H,22,26,27). The molecule has 0 radical (unpaired) electrons. The highest BCUT2D eigenvalue weighted by atomic mass is 32.2. The molecular weight excluding hydrogens is 415 g/mol. The van der Waals surface area contributed by atoms with Crippen LogP contribution >= 0.6 is 0 Å². The van der Waals surface area contributed by atoms with Gasteiger partial charge >= 0.3 is 0 Å². The first-order valence-electron chi connectivity index (χ1n) is 8.47. The molecule has 2 amide bonds. The molecule has 0 unspecified atom stereocenters. The fourth-order valence-electron chi connectivity index (χ4n) is 3.08. The van der Waals surface area contributed by atoms with Gasteiger partial charge in [-0.3, -0.25) is 29.0 Å². The van der Waals surface area contributed by atoms with Gasteiger partial charge in [0.05, 0.1) is 27.4 Å². The Morgan fingerprint density at radius 2 is 1.67 bits per heavy atom. The third kappa shape index (κ3) is 3.20. The van der Waals surface area contributed by atoms with Crippen LogP contribution in [0.4, 0.5) is 15.9 Å². The number of benzene rings is 2. The lowest BCUT2D eigenvalue weighted by Crippen LogP contribution is -2.24. The number of fused-ring (bicyclic) bond motifs is 1. The van der Waals surface area contributed by atoms with Gasteiger partial charge in [0.2, 0.25) is 0 Å². The highest BCUT2D eigenvalue weighted by Gasteiger charge is 2.31. The fraction of sp³-hybridized carbons (Fsp3) is 0. The summed E-state index contributed by atoms with van der Waals surface area (Å²) in [6.07, 6.45) is 0. The van der Waals surface area contributed by atoms with Gasteiger partial charge in [0.25, 0.3) is 27.4 Å². The Kier molecular flexibility index (Phi) is 4.39. The van der Waals surface area contributed by atoms with Gasteiger partial charge in [-0.1, -0.05) is 6.07 Å². The van der Waals surface area contributed by atoms with Gasteiger partial charge in [-0.25, -0.2) is 12.8 Å². The summed E-state index contributed by atoms with van der Waals surface area (Å²) >= 11 is 0. The molecule has 152 valence electrons. The number of halogens is 1. The molecule has 0 bridgehead atoms. The first kappa shape index (κ1) is 19.3. The molecule has 11 heteroatoms. The zero-order valence-corrected chi connectivity index (χ0v) is 15.9. The van der Waals surface area contributed by atoms with Crippen molar-refractivity contribution in [1.82, 2.24) is 9.88 Å². The number of imide groups is 1. The van der Waals surface area contributed by atoms with Crippen molar-refractivity contribution >= 4 is 33.3 Å². The smallest absolute Gasteiger partial charge is 0.262 e. The first-order valence-corrected chi connectivity index (χ1v) is 9.96. The Balaban J connectivity index is 1.76. The van der Waals surface area contributed by atoms with Crippen molar-refractivity contribution in [2.24, 2.45) is 0 Å². The number of aromatic nitrogens is 1. The number of pyridine rings is 1.